The molecule has 0 amide bonds. The van der Waals surface area contributed by atoms with Crippen LogP contribution >= 0.6 is 0 Å². The zero-order chi connectivity index (χ0) is 15.6. The third-order valence-electron chi connectivity index (χ3n) is 3.06. The van der Waals surface area contributed by atoms with Crippen molar-refractivity contribution in [3.63, 3.8) is 0 Å². The van der Waals surface area contributed by atoms with Crippen molar-refractivity contribution >= 4 is 5.97 Å². The number of benzene rings is 1. The van der Waals surface area contributed by atoms with E-state index in [-0.39, 0.29) is 12.4 Å². The predicted molar refractivity (Wildman–Crippen MR) is 81.3 cm³/mol. The van der Waals surface area contributed by atoms with E-state index < -0.39 is 0 Å². The van der Waals surface area contributed by atoms with Crippen LogP contribution in [-0.4, -0.2) is 24.3 Å². The topological polar surface area (TPSA) is 61.6 Å². The first kappa shape index (κ1) is 16.2. The summed E-state index contributed by atoms with van der Waals surface area (Å²) in [7, 11) is 0. The van der Waals surface area contributed by atoms with Gasteiger partial charge in [-0.25, -0.2) is 0 Å². The lowest BCUT2D eigenvalue weighted by molar-refractivity contribution is -0.142. The van der Waals surface area contributed by atoms with Gasteiger partial charge in [0.25, 0.3) is 0 Å². The van der Waals surface area contributed by atoms with Gasteiger partial charge >= 0.3 is 5.97 Å². The fraction of sp³-hybridized carbons (Fsp3) is 0.412. The second-order valence-corrected chi connectivity index (χ2v) is 4.91. The van der Waals surface area contributed by atoms with Gasteiger partial charge < -0.3 is 14.0 Å². The average molecular weight is 303 g/mol. The van der Waals surface area contributed by atoms with Crippen LogP contribution in [0.5, 0.6) is 0 Å². The molecule has 0 N–H and O–H groups in total. The van der Waals surface area contributed by atoms with Gasteiger partial charge in [-0.1, -0.05) is 35.5 Å². The van der Waals surface area contributed by atoms with Crippen LogP contribution in [0.2, 0.25) is 0 Å². The van der Waals surface area contributed by atoms with E-state index in [0.29, 0.717) is 25.6 Å². The second kappa shape index (κ2) is 9.00. The molecule has 2 aromatic rings. The van der Waals surface area contributed by atoms with Crippen molar-refractivity contribution in [2.75, 3.05) is 13.2 Å². The van der Waals surface area contributed by atoms with Gasteiger partial charge in [0.05, 0.1) is 18.9 Å². The quantitative estimate of drug-likeness (QED) is 0.526. The number of carbonyl (C=O) groups excluding carboxylic acids is 1. The van der Waals surface area contributed by atoms with E-state index in [0.717, 1.165) is 18.5 Å². The minimum atomic E-state index is -0.295. The average Bonchev–Trinajstić information content (AvgIpc) is 2.95. The third-order valence-corrected chi connectivity index (χ3v) is 3.06. The van der Waals surface area contributed by atoms with Crippen LogP contribution < -0.4 is 0 Å². The van der Waals surface area contributed by atoms with Crippen LogP contribution in [0, 0.1) is 0 Å². The molecule has 0 spiro atoms. The highest BCUT2D eigenvalue weighted by Gasteiger charge is 2.10. The number of aromatic nitrogens is 1. The summed E-state index contributed by atoms with van der Waals surface area (Å²) in [5.74, 6) is 0.245. The number of rotatable bonds is 9. The van der Waals surface area contributed by atoms with Gasteiger partial charge in [-0.15, -0.1) is 0 Å². The summed E-state index contributed by atoms with van der Waals surface area (Å²) in [6.45, 7) is 3.43. The first-order valence-electron chi connectivity index (χ1n) is 7.49. The molecule has 1 heterocycles. The van der Waals surface area contributed by atoms with Gasteiger partial charge in [0.2, 0.25) is 0 Å². The number of aryl methyl sites for hydroxylation is 1. The van der Waals surface area contributed by atoms with Gasteiger partial charge in [-0.2, -0.15) is 0 Å². The molecular formula is C17H21NO4. The highest BCUT2D eigenvalue weighted by atomic mass is 16.5. The monoisotopic (exact) mass is 303 g/mol. The Labute approximate surface area is 130 Å². The Morgan fingerprint density at radius 2 is 2.09 bits per heavy atom. The highest BCUT2D eigenvalue weighted by Crippen LogP contribution is 2.08. The first-order valence-corrected chi connectivity index (χ1v) is 7.49. The number of hydrogen-bond acceptors (Lipinski definition) is 5. The molecule has 0 bridgehead atoms. The molecule has 0 atom stereocenters. The molecule has 0 aliphatic rings. The molecule has 0 radical (unpaired) electrons. The number of nitrogens with zero attached hydrogens (tertiary/aromatic N) is 1. The van der Waals surface area contributed by atoms with E-state index in [1.165, 1.54) is 5.56 Å². The van der Waals surface area contributed by atoms with Gasteiger partial charge in [-0.05, 0) is 25.3 Å². The summed E-state index contributed by atoms with van der Waals surface area (Å²) >= 11 is 0. The van der Waals surface area contributed by atoms with Gasteiger partial charge in [0, 0.05) is 12.7 Å². The van der Waals surface area contributed by atoms with Crippen LogP contribution in [-0.2, 0) is 33.7 Å². The van der Waals surface area contributed by atoms with E-state index in [9.17, 15) is 4.79 Å². The van der Waals surface area contributed by atoms with Crippen LogP contribution in [0.15, 0.2) is 40.9 Å². The van der Waals surface area contributed by atoms with E-state index in [1.807, 2.05) is 30.3 Å². The molecule has 118 valence electrons. The first-order chi connectivity index (χ1) is 10.8. The Morgan fingerprint density at radius 3 is 2.86 bits per heavy atom. The van der Waals surface area contributed by atoms with E-state index >= 15 is 0 Å². The van der Waals surface area contributed by atoms with Crippen molar-refractivity contribution in [2.45, 2.75) is 32.8 Å². The van der Waals surface area contributed by atoms with Crippen molar-refractivity contribution in [1.29, 1.82) is 0 Å². The lowest BCUT2D eigenvalue weighted by atomic mass is 10.2. The van der Waals surface area contributed by atoms with Gasteiger partial charge in [0.15, 0.2) is 0 Å². The predicted octanol–water partition coefficient (Wildman–Crippen LogP) is 2.93. The molecule has 22 heavy (non-hydrogen) atoms. The zero-order valence-corrected chi connectivity index (χ0v) is 12.8. The molecule has 1 aromatic heterocycles. The molecule has 5 nitrogen and oxygen atoms in total. The summed E-state index contributed by atoms with van der Waals surface area (Å²) < 4.78 is 15.6. The SMILES string of the molecule is CCOC(=O)Cc1cc(CCCOCc2ccccc2)no1. The normalized spacial score (nSPS) is 10.6. The van der Waals surface area contributed by atoms with Crippen molar-refractivity contribution < 1.29 is 18.8 Å². The highest BCUT2D eigenvalue weighted by molar-refractivity contribution is 5.71. The summed E-state index contributed by atoms with van der Waals surface area (Å²) in [5.41, 5.74) is 2.00. The molecule has 1 aromatic carbocycles. The molecular weight excluding hydrogens is 282 g/mol. The molecule has 0 unspecified atom stereocenters. The van der Waals surface area contributed by atoms with Crippen molar-refractivity contribution in [2.24, 2.45) is 0 Å². The Kier molecular flexibility index (Phi) is 6.64. The summed E-state index contributed by atoms with van der Waals surface area (Å²) in [6.07, 6.45) is 1.75. The Balaban J connectivity index is 1.63. The van der Waals surface area contributed by atoms with E-state index in [2.05, 4.69) is 5.16 Å². The standard InChI is InChI=1S/C17H21NO4/c1-2-21-17(19)12-16-11-15(18-22-16)9-6-10-20-13-14-7-4-3-5-8-14/h3-5,7-8,11H,2,6,9-10,12-13H2,1H3. The maximum absolute atomic E-state index is 11.3. The minimum absolute atomic E-state index is 0.130. The van der Waals surface area contributed by atoms with Gasteiger partial charge in [0.1, 0.15) is 12.2 Å². The largest absolute Gasteiger partial charge is 0.466 e. The molecule has 0 aliphatic heterocycles. The Bertz CT molecular complexity index is 565. The number of hydrogen-bond donors (Lipinski definition) is 0. The van der Waals surface area contributed by atoms with Crippen LogP contribution in [0.3, 0.4) is 0 Å². The maximum Gasteiger partial charge on any atom is 0.313 e. The number of ether oxygens (including phenoxy) is 2. The molecule has 0 saturated carbocycles. The summed E-state index contributed by atoms with van der Waals surface area (Å²) in [5, 5.41) is 3.95. The fourth-order valence-electron chi connectivity index (χ4n) is 2.03. The smallest absolute Gasteiger partial charge is 0.313 e. The third kappa shape index (κ3) is 5.69. The molecule has 0 saturated heterocycles. The Hall–Kier alpha value is -2.14. The van der Waals surface area contributed by atoms with Crippen molar-refractivity contribution in [1.82, 2.24) is 5.16 Å². The van der Waals surface area contributed by atoms with E-state index in [4.69, 9.17) is 14.0 Å². The molecule has 0 aliphatic carbocycles. The molecule has 5 heteroatoms. The van der Waals surface area contributed by atoms with Gasteiger partial charge in [-0.3, -0.25) is 4.79 Å². The number of esters is 1. The lowest BCUT2D eigenvalue weighted by Gasteiger charge is -2.03. The lowest BCUT2D eigenvalue weighted by Crippen LogP contribution is -2.06. The van der Waals surface area contributed by atoms with Crippen LogP contribution in [0.25, 0.3) is 0 Å². The summed E-state index contributed by atoms with van der Waals surface area (Å²) in [4.78, 5) is 11.3. The van der Waals surface area contributed by atoms with Crippen molar-refractivity contribution in [3.8, 4) is 0 Å². The molecule has 0 fully saturated rings. The van der Waals surface area contributed by atoms with Crippen LogP contribution in [0.1, 0.15) is 30.4 Å². The second-order valence-electron chi connectivity index (χ2n) is 4.91. The van der Waals surface area contributed by atoms with Crippen molar-refractivity contribution in [3.05, 3.63) is 53.4 Å². The maximum atomic E-state index is 11.3. The van der Waals surface area contributed by atoms with E-state index in [1.54, 1.807) is 13.0 Å². The summed E-state index contributed by atoms with van der Waals surface area (Å²) in [6, 6.07) is 11.9. The minimum Gasteiger partial charge on any atom is -0.466 e. The van der Waals surface area contributed by atoms with Crippen LogP contribution in [0.4, 0.5) is 0 Å². The molecule has 2 rings (SSSR count). The Morgan fingerprint density at radius 1 is 1.27 bits per heavy atom. The zero-order valence-electron chi connectivity index (χ0n) is 12.8. The fourth-order valence-corrected chi connectivity index (χ4v) is 2.03. The number of carbonyl (C=O) groups is 1.